The van der Waals surface area contributed by atoms with Gasteiger partial charge in [-0.1, -0.05) is 12.1 Å². The summed E-state index contributed by atoms with van der Waals surface area (Å²) in [5, 5.41) is 15.9. The van der Waals surface area contributed by atoms with E-state index in [-0.39, 0.29) is 41.7 Å². The SMILES string of the molecule is CO[C@@]12[C@H](COC(N)=O)C3=C(C(=O)C(C)=C(NCCc4ccc(O)cc4)C3=O)N1C[C@@H]1N[C@@H]12. The molecule has 5 rings (SSSR count). The van der Waals surface area contributed by atoms with Gasteiger partial charge >= 0.3 is 6.09 Å². The number of ether oxygens (including phenoxy) is 2. The van der Waals surface area contributed by atoms with E-state index in [2.05, 4.69) is 10.6 Å². The van der Waals surface area contributed by atoms with E-state index in [1.54, 1.807) is 31.2 Å². The molecule has 4 atom stereocenters. The van der Waals surface area contributed by atoms with Gasteiger partial charge in [0, 0.05) is 37.4 Å². The Morgan fingerprint density at radius 3 is 2.70 bits per heavy atom. The number of phenols is 1. The highest BCUT2D eigenvalue weighted by Crippen LogP contribution is 2.55. The summed E-state index contributed by atoms with van der Waals surface area (Å²) in [6, 6.07) is 6.87. The molecule has 0 unspecified atom stereocenters. The molecule has 33 heavy (non-hydrogen) atoms. The van der Waals surface area contributed by atoms with Crippen LogP contribution >= 0.6 is 0 Å². The number of carbonyl (C=O) groups excluding carboxylic acids is 3. The van der Waals surface area contributed by atoms with Crippen LogP contribution in [0.25, 0.3) is 0 Å². The fraction of sp³-hybridized carbons (Fsp3) is 0.435. The average Bonchev–Trinajstić information content (AvgIpc) is 3.40. The van der Waals surface area contributed by atoms with Gasteiger partial charge in [-0.2, -0.15) is 0 Å². The van der Waals surface area contributed by atoms with Crippen LogP contribution in [0.5, 0.6) is 5.75 Å². The van der Waals surface area contributed by atoms with Crippen LogP contribution in [0.1, 0.15) is 12.5 Å². The number of allylic oxidation sites excluding steroid dienone is 2. The number of nitrogens with one attached hydrogen (secondary N) is 2. The number of fused-ring (bicyclic) bond motifs is 4. The molecule has 2 fully saturated rings. The number of piperazine rings is 1. The molecule has 10 heteroatoms. The molecule has 0 saturated carbocycles. The van der Waals surface area contributed by atoms with Crippen molar-refractivity contribution in [2.45, 2.75) is 31.2 Å². The first-order valence-electron chi connectivity index (χ1n) is 10.9. The molecular formula is C23H26N4O6. The minimum absolute atomic E-state index is 0.0820. The van der Waals surface area contributed by atoms with Gasteiger partial charge in [0.1, 0.15) is 12.4 Å². The van der Waals surface area contributed by atoms with Crippen molar-refractivity contribution in [3.8, 4) is 5.75 Å². The number of Topliss-reactive ketones (excluding diaryl/α,β-unsaturated/α-hetero) is 2. The smallest absolute Gasteiger partial charge is 0.404 e. The predicted octanol–water partition coefficient (Wildman–Crippen LogP) is -0.0720. The highest BCUT2D eigenvalue weighted by atomic mass is 16.6. The second-order valence-corrected chi connectivity index (χ2v) is 8.76. The van der Waals surface area contributed by atoms with Gasteiger partial charge < -0.3 is 35.8 Å². The van der Waals surface area contributed by atoms with Crippen molar-refractivity contribution in [2.24, 2.45) is 11.7 Å². The number of rotatable bonds is 7. The van der Waals surface area contributed by atoms with Crippen molar-refractivity contribution < 1.29 is 29.0 Å². The second kappa shape index (κ2) is 7.60. The number of aromatic hydroxyl groups is 1. The van der Waals surface area contributed by atoms with E-state index in [0.717, 1.165) is 5.56 Å². The van der Waals surface area contributed by atoms with E-state index in [1.165, 1.54) is 7.11 Å². The number of hydrogen-bond acceptors (Lipinski definition) is 9. The molecule has 4 aliphatic rings. The lowest BCUT2D eigenvalue weighted by Crippen LogP contribution is -2.55. The van der Waals surface area contributed by atoms with Crippen LogP contribution in [0.4, 0.5) is 4.79 Å². The Balaban J connectivity index is 1.43. The number of methoxy groups -OCH3 is 1. The van der Waals surface area contributed by atoms with Gasteiger partial charge in [-0.05, 0) is 31.0 Å². The number of amides is 1. The third-order valence-electron chi connectivity index (χ3n) is 7.08. The minimum atomic E-state index is -0.988. The van der Waals surface area contributed by atoms with Gasteiger partial charge in [0.2, 0.25) is 11.6 Å². The fourth-order valence-corrected chi connectivity index (χ4v) is 5.50. The van der Waals surface area contributed by atoms with Gasteiger partial charge in [0.15, 0.2) is 5.72 Å². The summed E-state index contributed by atoms with van der Waals surface area (Å²) in [7, 11) is 1.54. The van der Waals surface area contributed by atoms with Gasteiger partial charge in [-0.3, -0.25) is 9.59 Å². The lowest BCUT2D eigenvalue weighted by atomic mass is 9.82. The van der Waals surface area contributed by atoms with E-state index in [1.807, 2.05) is 4.90 Å². The molecule has 3 heterocycles. The van der Waals surface area contributed by atoms with Crippen molar-refractivity contribution in [1.82, 2.24) is 15.5 Å². The van der Waals surface area contributed by atoms with Crippen molar-refractivity contribution in [3.05, 3.63) is 52.4 Å². The number of primary amides is 1. The standard InChI is InChI=1S/C23H26N4O6/c1-11-17(25-8-7-12-3-5-13(28)6-4-12)20(30)16-14(10-33-22(24)31)23(32-2)21-15(26-21)9-27(23)18(16)19(11)29/h3-6,14-15,21,25-26,28H,7-10H2,1-2H3,(H2,24,31)/t14-,15+,21+,23-/m1/s1. The number of nitrogens with two attached hydrogens (primary N) is 1. The lowest BCUT2D eigenvalue weighted by Gasteiger charge is -2.39. The summed E-state index contributed by atoms with van der Waals surface area (Å²) in [4.78, 5) is 40.4. The van der Waals surface area contributed by atoms with Crippen molar-refractivity contribution in [2.75, 3.05) is 26.8 Å². The average molecular weight is 454 g/mol. The summed E-state index contributed by atoms with van der Waals surface area (Å²) >= 11 is 0. The maximum absolute atomic E-state index is 13.7. The first-order valence-corrected chi connectivity index (χ1v) is 10.9. The van der Waals surface area contributed by atoms with E-state index in [9.17, 15) is 19.5 Å². The monoisotopic (exact) mass is 454 g/mol. The van der Waals surface area contributed by atoms with Gasteiger partial charge in [0.05, 0.1) is 23.4 Å². The molecule has 2 saturated heterocycles. The molecule has 1 aliphatic carbocycles. The Kier molecular flexibility index (Phi) is 4.95. The summed E-state index contributed by atoms with van der Waals surface area (Å²) in [5.41, 5.74) is 6.42. The molecule has 0 spiro atoms. The van der Waals surface area contributed by atoms with Crippen LogP contribution in [0.2, 0.25) is 0 Å². The quantitative estimate of drug-likeness (QED) is 0.327. The molecular weight excluding hydrogens is 428 g/mol. The predicted molar refractivity (Wildman–Crippen MR) is 116 cm³/mol. The van der Waals surface area contributed by atoms with Crippen LogP contribution in [0, 0.1) is 5.92 Å². The zero-order valence-electron chi connectivity index (χ0n) is 18.4. The highest BCUT2D eigenvalue weighted by molar-refractivity contribution is 6.25. The number of nitrogens with zero attached hydrogens (tertiary/aromatic N) is 1. The van der Waals surface area contributed by atoms with Crippen LogP contribution in [0.15, 0.2) is 46.8 Å². The molecule has 1 amide bonds. The maximum atomic E-state index is 13.7. The third kappa shape index (κ3) is 3.12. The summed E-state index contributed by atoms with van der Waals surface area (Å²) in [6.45, 7) is 2.43. The largest absolute Gasteiger partial charge is 0.508 e. The van der Waals surface area contributed by atoms with E-state index >= 15 is 0 Å². The number of hydrogen-bond donors (Lipinski definition) is 4. The number of carbonyl (C=O) groups is 3. The van der Waals surface area contributed by atoms with E-state index in [0.29, 0.717) is 36.4 Å². The van der Waals surface area contributed by atoms with Crippen LogP contribution < -0.4 is 16.4 Å². The molecule has 5 N–H and O–H groups in total. The Morgan fingerprint density at radius 1 is 1.30 bits per heavy atom. The molecule has 174 valence electrons. The van der Waals surface area contributed by atoms with Crippen molar-refractivity contribution >= 4 is 17.7 Å². The molecule has 10 nitrogen and oxygen atoms in total. The summed E-state index contributed by atoms with van der Waals surface area (Å²) in [5.74, 6) is -1.01. The number of phenolic OH excluding ortho intramolecular Hbond substituents is 1. The molecule has 1 aromatic carbocycles. The fourth-order valence-electron chi connectivity index (χ4n) is 5.50. The van der Waals surface area contributed by atoms with Gasteiger partial charge in [-0.25, -0.2) is 4.79 Å². The molecule has 1 aromatic rings. The zero-order chi connectivity index (χ0) is 23.5. The molecule has 0 aromatic heterocycles. The number of ketones is 2. The first kappa shape index (κ1) is 21.5. The summed E-state index contributed by atoms with van der Waals surface area (Å²) < 4.78 is 11.1. The Morgan fingerprint density at radius 2 is 2.03 bits per heavy atom. The Hall–Kier alpha value is -3.37. The topological polar surface area (TPSA) is 153 Å². The summed E-state index contributed by atoms with van der Waals surface area (Å²) in [6.07, 6.45) is -0.353. The first-order chi connectivity index (χ1) is 15.8. The van der Waals surface area contributed by atoms with E-state index < -0.39 is 17.7 Å². The van der Waals surface area contributed by atoms with E-state index in [4.69, 9.17) is 15.2 Å². The Bertz CT molecular complexity index is 1110. The van der Waals surface area contributed by atoms with Crippen LogP contribution in [-0.4, -0.2) is 72.3 Å². The number of benzene rings is 1. The van der Waals surface area contributed by atoms with Crippen molar-refractivity contribution in [1.29, 1.82) is 0 Å². The van der Waals surface area contributed by atoms with Crippen LogP contribution in [0.3, 0.4) is 0 Å². The molecule has 0 radical (unpaired) electrons. The lowest BCUT2D eigenvalue weighted by molar-refractivity contribution is -0.137. The van der Waals surface area contributed by atoms with Crippen molar-refractivity contribution in [3.63, 3.8) is 0 Å². The van der Waals surface area contributed by atoms with Crippen LogP contribution in [-0.2, 0) is 25.5 Å². The minimum Gasteiger partial charge on any atom is -0.508 e. The normalized spacial score (nSPS) is 29.8. The van der Waals surface area contributed by atoms with Gasteiger partial charge in [-0.15, -0.1) is 0 Å². The molecule has 0 bridgehead atoms. The second-order valence-electron chi connectivity index (χ2n) is 8.76. The maximum Gasteiger partial charge on any atom is 0.404 e. The Labute approximate surface area is 190 Å². The molecule has 3 aliphatic heterocycles. The zero-order valence-corrected chi connectivity index (χ0v) is 18.4. The van der Waals surface area contributed by atoms with Gasteiger partial charge in [0.25, 0.3) is 0 Å². The third-order valence-corrected chi connectivity index (χ3v) is 7.08. The highest BCUT2D eigenvalue weighted by Gasteiger charge is 2.72.